The fourth-order valence-corrected chi connectivity index (χ4v) is 6.29. The fourth-order valence-electron chi connectivity index (χ4n) is 6.06. The van der Waals surface area contributed by atoms with Gasteiger partial charge in [-0.1, -0.05) is 24.6 Å². The summed E-state index contributed by atoms with van der Waals surface area (Å²) in [4.78, 5) is 57.5. The van der Waals surface area contributed by atoms with Crippen LogP contribution in [0.15, 0.2) is 35.4 Å². The number of nitrogens with zero attached hydrogens (tertiary/aromatic N) is 8. The van der Waals surface area contributed by atoms with Gasteiger partial charge in [0, 0.05) is 26.2 Å². The maximum Gasteiger partial charge on any atom is 0.416 e. The first kappa shape index (κ1) is 34.8. The molecule has 0 spiro atoms. The van der Waals surface area contributed by atoms with Crippen LogP contribution >= 0.6 is 11.6 Å². The largest absolute Gasteiger partial charge is 0.492 e. The van der Waals surface area contributed by atoms with E-state index in [9.17, 15) is 27.6 Å². The summed E-state index contributed by atoms with van der Waals surface area (Å²) in [6, 6.07) is 2.65. The van der Waals surface area contributed by atoms with Gasteiger partial charge in [-0.15, -0.1) is 5.10 Å². The van der Waals surface area contributed by atoms with Gasteiger partial charge in [0.05, 0.1) is 48.0 Å². The molecule has 1 saturated heterocycles. The Morgan fingerprint density at radius 2 is 1.90 bits per heavy atom. The monoisotopic (exact) mass is 715 g/mol. The predicted molar refractivity (Wildman–Crippen MR) is 177 cm³/mol. The van der Waals surface area contributed by atoms with E-state index in [4.69, 9.17) is 21.1 Å². The lowest BCUT2D eigenvalue weighted by molar-refractivity contribution is -0.137. The molecule has 1 fully saturated rings. The summed E-state index contributed by atoms with van der Waals surface area (Å²) in [6.07, 6.45) is -0.635. The molecule has 18 heteroatoms. The molecular formula is C32H33ClF3N9O5. The quantitative estimate of drug-likeness (QED) is 0.287. The highest BCUT2D eigenvalue weighted by molar-refractivity contribution is 6.33. The summed E-state index contributed by atoms with van der Waals surface area (Å²) >= 11 is 6.12. The minimum Gasteiger partial charge on any atom is -0.492 e. The van der Waals surface area contributed by atoms with Gasteiger partial charge in [-0.2, -0.15) is 22.7 Å². The average molecular weight is 716 g/mol. The van der Waals surface area contributed by atoms with E-state index in [0.29, 0.717) is 54.7 Å². The Morgan fingerprint density at radius 3 is 2.54 bits per heavy atom. The number of benzene rings is 1. The number of fused-ring (bicyclic) bond motifs is 1. The molecule has 50 heavy (non-hydrogen) atoms. The molecule has 2 amide bonds. The smallest absolute Gasteiger partial charge is 0.416 e. The van der Waals surface area contributed by atoms with Crippen LogP contribution in [0, 0.1) is 6.92 Å². The number of aryl methyl sites for hydroxylation is 1. The number of carbonyl (C=O) groups excluding carboxylic acids is 2. The molecule has 5 heterocycles. The first-order valence-corrected chi connectivity index (χ1v) is 16.1. The van der Waals surface area contributed by atoms with Crippen molar-refractivity contribution in [1.82, 2.24) is 34.0 Å². The van der Waals surface area contributed by atoms with Crippen LogP contribution in [0.4, 0.5) is 24.5 Å². The van der Waals surface area contributed by atoms with E-state index in [2.05, 4.69) is 25.4 Å². The molecule has 0 saturated carbocycles. The molecule has 6 rings (SSSR count). The lowest BCUT2D eigenvalue weighted by Gasteiger charge is -2.36. The van der Waals surface area contributed by atoms with Gasteiger partial charge in [0.25, 0.3) is 11.5 Å². The fraction of sp³-hybridized carbons (Fsp3) is 0.406. The Kier molecular flexibility index (Phi) is 9.80. The first-order valence-electron chi connectivity index (χ1n) is 15.8. The summed E-state index contributed by atoms with van der Waals surface area (Å²) < 4.78 is 53.1. The van der Waals surface area contributed by atoms with Crippen LogP contribution < -0.4 is 20.5 Å². The number of carbonyl (C=O) groups is 2. The molecule has 3 aromatic heterocycles. The van der Waals surface area contributed by atoms with Crippen LogP contribution in [0.25, 0.3) is 11.4 Å². The predicted octanol–water partition coefficient (Wildman–Crippen LogP) is 3.64. The Labute approximate surface area is 288 Å². The van der Waals surface area contributed by atoms with Crippen LogP contribution in [0.1, 0.15) is 46.6 Å². The standard InChI is InChI=1S/C32H33ClF3N9O5/c1-4-23-26(42-9-11-43(12-10-42)29(47)25-27(49-3)18(2)37-17-38-25)30(48)45-31(40-28(41-45)19-7-13-50-14-8-19)44(23)16-24(46)39-22-6-5-20(15-21(22)33)32(34,35)36/h5-7,15,17H,4,8-14,16H2,1-3H3,(H,39,46). The number of methoxy groups -OCH3 is 1. The van der Waals surface area contributed by atoms with Gasteiger partial charge in [-0.05, 0) is 43.5 Å². The summed E-state index contributed by atoms with van der Waals surface area (Å²) in [5, 5.41) is 6.84. The van der Waals surface area contributed by atoms with Crippen molar-refractivity contribution < 1.29 is 32.2 Å². The second-order valence-electron chi connectivity index (χ2n) is 11.6. The molecule has 0 bridgehead atoms. The zero-order valence-corrected chi connectivity index (χ0v) is 28.1. The van der Waals surface area contributed by atoms with Gasteiger partial charge in [0.2, 0.25) is 11.7 Å². The molecule has 1 aromatic carbocycles. The second-order valence-corrected chi connectivity index (χ2v) is 12.0. The van der Waals surface area contributed by atoms with Crippen LogP contribution in [0.5, 0.6) is 5.75 Å². The molecule has 2 aliphatic heterocycles. The Hall–Kier alpha value is -5.03. The third kappa shape index (κ3) is 6.74. The first-order chi connectivity index (χ1) is 23.9. The number of anilines is 2. The number of hydrogen-bond donors (Lipinski definition) is 1. The van der Waals surface area contributed by atoms with E-state index in [1.807, 2.05) is 17.9 Å². The van der Waals surface area contributed by atoms with E-state index in [-0.39, 0.29) is 60.8 Å². The van der Waals surface area contributed by atoms with E-state index in [0.717, 1.165) is 28.3 Å². The molecule has 264 valence electrons. The molecule has 0 radical (unpaired) electrons. The third-order valence-corrected chi connectivity index (χ3v) is 8.87. The summed E-state index contributed by atoms with van der Waals surface area (Å²) in [5.41, 5.74) is 0.831. The SMILES string of the molecule is CCc1c(N2CCN(C(=O)c3ncnc(C)c3OC)CC2)c(=O)n2nc(C3=CCOCC3)nc2n1CC(=O)Nc1ccc(C(F)(F)F)cc1Cl. The number of rotatable bonds is 8. The van der Waals surface area contributed by atoms with Gasteiger partial charge in [0.15, 0.2) is 17.3 Å². The van der Waals surface area contributed by atoms with Crippen molar-refractivity contribution in [3.63, 3.8) is 0 Å². The van der Waals surface area contributed by atoms with Crippen molar-refractivity contribution in [2.45, 2.75) is 39.4 Å². The van der Waals surface area contributed by atoms with Crippen LogP contribution in [-0.4, -0.2) is 92.3 Å². The van der Waals surface area contributed by atoms with E-state index < -0.39 is 23.2 Å². The number of alkyl halides is 3. The maximum atomic E-state index is 14.2. The Bertz CT molecular complexity index is 2060. The van der Waals surface area contributed by atoms with Crippen LogP contribution in [-0.2, 0) is 28.7 Å². The molecule has 0 atom stereocenters. The minimum absolute atomic E-state index is 0.00850. The molecule has 2 aliphatic rings. The second kappa shape index (κ2) is 14.1. The van der Waals surface area contributed by atoms with Crippen molar-refractivity contribution in [2.75, 3.05) is 56.7 Å². The summed E-state index contributed by atoms with van der Waals surface area (Å²) in [5.74, 6) is -0.225. The highest BCUT2D eigenvalue weighted by Gasteiger charge is 2.32. The lowest BCUT2D eigenvalue weighted by atomic mass is 10.1. The number of halogens is 4. The molecule has 0 unspecified atom stereocenters. The number of amides is 2. The van der Waals surface area contributed by atoms with Crippen LogP contribution in [0.2, 0.25) is 5.02 Å². The van der Waals surface area contributed by atoms with E-state index >= 15 is 0 Å². The van der Waals surface area contributed by atoms with Crippen molar-refractivity contribution in [2.24, 2.45) is 0 Å². The molecule has 0 aliphatic carbocycles. The van der Waals surface area contributed by atoms with Crippen LogP contribution in [0.3, 0.4) is 0 Å². The molecular weight excluding hydrogens is 683 g/mol. The van der Waals surface area contributed by atoms with E-state index in [1.54, 1.807) is 16.4 Å². The normalized spacial score (nSPS) is 15.3. The number of ether oxygens (including phenoxy) is 2. The lowest BCUT2D eigenvalue weighted by Crippen LogP contribution is -2.51. The zero-order chi connectivity index (χ0) is 35.7. The minimum atomic E-state index is -4.61. The summed E-state index contributed by atoms with van der Waals surface area (Å²) in [6.45, 7) is 5.08. The average Bonchev–Trinajstić information content (AvgIpc) is 3.56. The van der Waals surface area contributed by atoms with Crippen molar-refractivity contribution >= 4 is 46.1 Å². The zero-order valence-electron chi connectivity index (χ0n) is 27.4. The molecule has 14 nitrogen and oxygen atoms in total. The van der Waals surface area contributed by atoms with Crippen molar-refractivity contribution in [3.8, 4) is 5.75 Å². The van der Waals surface area contributed by atoms with Gasteiger partial charge in [-0.25, -0.2) is 9.97 Å². The highest BCUT2D eigenvalue weighted by Crippen LogP contribution is 2.34. The molecule has 1 N–H and O–H groups in total. The van der Waals surface area contributed by atoms with Crippen molar-refractivity contribution in [1.29, 1.82) is 0 Å². The van der Waals surface area contributed by atoms with E-state index in [1.165, 1.54) is 13.4 Å². The summed E-state index contributed by atoms with van der Waals surface area (Å²) in [7, 11) is 1.44. The van der Waals surface area contributed by atoms with Gasteiger partial charge in [-0.3, -0.25) is 14.4 Å². The van der Waals surface area contributed by atoms with Crippen molar-refractivity contribution in [3.05, 3.63) is 74.4 Å². The molecule has 4 aromatic rings. The van der Waals surface area contributed by atoms with Gasteiger partial charge < -0.3 is 29.2 Å². The van der Waals surface area contributed by atoms with Gasteiger partial charge in [0.1, 0.15) is 18.6 Å². The number of piperazine rings is 1. The topological polar surface area (TPSA) is 149 Å². The number of hydrogen-bond acceptors (Lipinski definition) is 10. The third-order valence-electron chi connectivity index (χ3n) is 8.55. The number of nitrogens with one attached hydrogen (secondary N) is 1. The van der Waals surface area contributed by atoms with Gasteiger partial charge >= 0.3 is 6.18 Å². The Balaban J connectivity index is 1.34. The highest BCUT2D eigenvalue weighted by atomic mass is 35.5. The Morgan fingerprint density at radius 1 is 1.14 bits per heavy atom. The maximum absolute atomic E-state index is 14.2. The number of aromatic nitrogens is 6.